The van der Waals surface area contributed by atoms with Crippen molar-refractivity contribution in [1.29, 1.82) is 0 Å². The Hall–Kier alpha value is -0.250. The summed E-state index contributed by atoms with van der Waals surface area (Å²) in [5.41, 5.74) is 1.49. The Morgan fingerprint density at radius 1 is 1.17 bits per heavy atom. The summed E-state index contributed by atoms with van der Waals surface area (Å²) in [7, 11) is 0. The molecular formula is C11H12Te. The van der Waals surface area contributed by atoms with Crippen LogP contribution in [0.4, 0.5) is 0 Å². The molecule has 0 nitrogen and oxygen atoms in total. The van der Waals surface area contributed by atoms with E-state index in [0.29, 0.717) is 5.92 Å². The van der Waals surface area contributed by atoms with Gasteiger partial charge in [0.25, 0.3) is 0 Å². The van der Waals surface area contributed by atoms with Crippen LogP contribution in [-0.2, 0) is 0 Å². The Kier molecular flexibility index (Phi) is 2.26. The third-order valence-electron chi connectivity index (χ3n) is 2.15. The van der Waals surface area contributed by atoms with E-state index in [-0.39, 0.29) is 20.4 Å². The van der Waals surface area contributed by atoms with Crippen LogP contribution in [0.2, 0.25) is 0 Å². The molecule has 0 radical (unpaired) electrons. The number of rotatable bonds is 1. The summed E-state index contributed by atoms with van der Waals surface area (Å²) in [4.78, 5) is 0. The third-order valence-corrected chi connectivity index (χ3v) is 4.66. The van der Waals surface area contributed by atoms with Crippen molar-refractivity contribution in [3.63, 3.8) is 0 Å². The van der Waals surface area contributed by atoms with Crippen molar-refractivity contribution in [3.8, 4) is 0 Å². The molecule has 1 aromatic heterocycles. The van der Waals surface area contributed by atoms with Crippen LogP contribution in [0.1, 0.15) is 25.3 Å². The summed E-state index contributed by atoms with van der Waals surface area (Å²) in [6.07, 6.45) is 0. The second kappa shape index (κ2) is 3.24. The molecule has 0 unspecified atom stereocenters. The Morgan fingerprint density at radius 2 is 2.00 bits per heavy atom. The molecule has 0 saturated heterocycles. The molecule has 0 aliphatic rings. The van der Waals surface area contributed by atoms with Gasteiger partial charge in [-0.3, -0.25) is 0 Å². The fraction of sp³-hybridized carbons (Fsp3) is 0.273. The fourth-order valence-corrected chi connectivity index (χ4v) is 3.72. The van der Waals surface area contributed by atoms with Gasteiger partial charge in [0.15, 0.2) is 0 Å². The molecule has 2 rings (SSSR count). The van der Waals surface area contributed by atoms with Crippen LogP contribution in [0.25, 0.3) is 8.79 Å². The fourth-order valence-electron chi connectivity index (χ4n) is 1.33. The van der Waals surface area contributed by atoms with Gasteiger partial charge in [-0.1, -0.05) is 0 Å². The number of fused-ring (bicyclic) bond motifs is 1. The minimum atomic E-state index is 0.0321. The van der Waals surface area contributed by atoms with E-state index in [0.717, 1.165) is 0 Å². The third kappa shape index (κ3) is 1.44. The Morgan fingerprint density at radius 3 is 2.75 bits per heavy atom. The Balaban J connectivity index is 2.60. The molecule has 0 aliphatic heterocycles. The van der Waals surface area contributed by atoms with Gasteiger partial charge in [0.1, 0.15) is 0 Å². The Labute approximate surface area is 82.8 Å². The van der Waals surface area contributed by atoms with E-state index in [1.54, 1.807) is 3.40 Å². The van der Waals surface area contributed by atoms with Crippen molar-refractivity contribution in [1.82, 2.24) is 0 Å². The van der Waals surface area contributed by atoms with Crippen LogP contribution in [-0.4, -0.2) is 20.4 Å². The van der Waals surface area contributed by atoms with Gasteiger partial charge in [-0.15, -0.1) is 0 Å². The Bertz CT molecular complexity index is 385. The van der Waals surface area contributed by atoms with E-state index in [4.69, 9.17) is 0 Å². The summed E-state index contributed by atoms with van der Waals surface area (Å²) < 4.78 is 3.98. The van der Waals surface area contributed by atoms with E-state index in [2.05, 4.69) is 42.2 Å². The summed E-state index contributed by atoms with van der Waals surface area (Å²) in [6.45, 7) is 4.51. The zero-order valence-electron chi connectivity index (χ0n) is 7.37. The van der Waals surface area contributed by atoms with Crippen LogP contribution in [0, 0.1) is 0 Å². The molecule has 0 fully saturated rings. The molecule has 1 aromatic carbocycles. The average Bonchev–Trinajstić information content (AvgIpc) is 2.49. The monoisotopic (exact) mass is 274 g/mol. The first-order chi connectivity index (χ1) is 5.77. The van der Waals surface area contributed by atoms with E-state index in [1.807, 2.05) is 0 Å². The number of hydrogen-bond donors (Lipinski definition) is 0. The van der Waals surface area contributed by atoms with Crippen molar-refractivity contribution < 1.29 is 0 Å². The van der Waals surface area contributed by atoms with Crippen LogP contribution >= 0.6 is 0 Å². The first-order valence-electron chi connectivity index (χ1n) is 4.24. The molecule has 0 bridgehead atoms. The minimum absolute atomic E-state index is 0.0321. The molecule has 1 heterocycles. The predicted molar refractivity (Wildman–Crippen MR) is 55.0 cm³/mol. The first-order valence-corrected chi connectivity index (χ1v) is 6.75. The normalized spacial score (nSPS) is 11.2. The van der Waals surface area contributed by atoms with Crippen LogP contribution in [0.3, 0.4) is 0 Å². The van der Waals surface area contributed by atoms with Crippen molar-refractivity contribution in [2.75, 3.05) is 0 Å². The molecule has 0 amide bonds. The molecular weight excluding hydrogens is 260 g/mol. The number of benzene rings is 1. The topological polar surface area (TPSA) is 0 Å². The van der Waals surface area contributed by atoms with Gasteiger partial charge in [-0.2, -0.15) is 0 Å². The molecule has 0 atom stereocenters. The van der Waals surface area contributed by atoms with Crippen molar-refractivity contribution in [2.24, 2.45) is 0 Å². The van der Waals surface area contributed by atoms with Crippen LogP contribution < -0.4 is 0 Å². The second-order valence-corrected chi connectivity index (χ2v) is 6.08. The van der Waals surface area contributed by atoms with Crippen LogP contribution in [0.5, 0.6) is 0 Å². The summed E-state index contributed by atoms with van der Waals surface area (Å²) in [6, 6.07) is 9.18. The number of hydrogen-bond acceptors (Lipinski definition) is 0. The van der Waals surface area contributed by atoms with Gasteiger partial charge in [-0.05, 0) is 0 Å². The van der Waals surface area contributed by atoms with Gasteiger partial charge in [0.05, 0.1) is 0 Å². The van der Waals surface area contributed by atoms with Gasteiger partial charge in [-0.25, -0.2) is 0 Å². The zero-order valence-corrected chi connectivity index (χ0v) is 9.70. The average molecular weight is 272 g/mol. The van der Waals surface area contributed by atoms with Crippen molar-refractivity contribution in [2.45, 2.75) is 19.8 Å². The maximum absolute atomic E-state index is 2.39. The summed E-state index contributed by atoms with van der Waals surface area (Å²) in [5, 5.41) is 1.46. The standard InChI is InChI=1S/C11H12Te/c1-8(2)10-4-3-9-5-6-12-11(9)7-10/h3-8H,1-2H3. The van der Waals surface area contributed by atoms with E-state index < -0.39 is 0 Å². The predicted octanol–water partition coefficient (Wildman–Crippen LogP) is 3.02. The second-order valence-electron chi connectivity index (χ2n) is 3.37. The molecule has 12 heavy (non-hydrogen) atoms. The first kappa shape index (κ1) is 8.35. The van der Waals surface area contributed by atoms with Gasteiger partial charge < -0.3 is 0 Å². The molecule has 0 N–H and O–H groups in total. The van der Waals surface area contributed by atoms with E-state index in [1.165, 1.54) is 10.9 Å². The quantitative estimate of drug-likeness (QED) is 0.700. The summed E-state index contributed by atoms with van der Waals surface area (Å²) >= 11 is 0.0321. The molecule has 2 aromatic rings. The van der Waals surface area contributed by atoms with E-state index in [9.17, 15) is 0 Å². The van der Waals surface area contributed by atoms with Gasteiger partial charge in [0.2, 0.25) is 0 Å². The van der Waals surface area contributed by atoms with Crippen LogP contribution in [0.15, 0.2) is 28.3 Å². The summed E-state index contributed by atoms with van der Waals surface area (Å²) in [5.74, 6) is 0.670. The zero-order chi connectivity index (χ0) is 8.55. The molecule has 0 spiro atoms. The van der Waals surface area contributed by atoms with Gasteiger partial charge in [0, 0.05) is 0 Å². The molecule has 0 aliphatic carbocycles. The van der Waals surface area contributed by atoms with Crippen molar-refractivity contribution in [3.05, 3.63) is 33.9 Å². The SMILES string of the molecule is CC(C)c1ccc2cc[te]c2c1. The van der Waals surface area contributed by atoms with Crippen molar-refractivity contribution >= 4 is 29.2 Å². The van der Waals surface area contributed by atoms with E-state index >= 15 is 0 Å². The molecule has 62 valence electrons. The molecule has 1 heteroatoms. The molecule has 0 saturated carbocycles. The maximum atomic E-state index is 2.39. The van der Waals surface area contributed by atoms with Gasteiger partial charge >= 0.3 is 82.9 Å².